The highest BCUT2D eigenvalue weighted by Crippen LogP contribution is 2.24. The molecule has 0 aliphatic carbocycles. The highest BCUT2D eigenvalue weighted by Gasteiger charge is 2.13. The number of aromatic amines is 1. The van der Waals surface area contributed by atoms with Crippen molar-refractivity contribution < 1.29 is 4.39 Å². The summed E-state index contributed by atoms with van der Waals surface area (Å²) < 4.78 is 13.2. The van der Waals surface area contributed by atoms with Gasteiger partial charge < -0.3 is 10.7 Å². The molecule has 2 rings (SSSR count). The van der Waals surface area contributed by atoms with Crippen LogP contribution in [0.2, 0.25) is 5.02 Å². The van der Waals surface area contributed by atoms with Gasteiger partial charge in [0.2, 0.25) is 0 Å². The number of rotatable bonds is 6. The van der Waals surface area contributed by atoms with Crippen LogP contribution in [0.5, 0.6) is 0 Å². The van der Waals surface area contributed by atoms with Gasteiger partial charge in [0, 0.05) is 12.0 Å². The summed E-state index contributed by atoms with van der Waals surface area (Å²) in [5, 5.41) is 0.114. The molecule has 21 heavy (non-hydrogen) atoms. The monoisotopic (exact) mass is 309 g/mol. The molecule has 0 fully saturated rings. The van der Waals surface area contributed by atoms with Crippen LogP contribution in [-0.4, -0.2) is 16.5 Å². The first-order chi connectivity index (χ1) is 9.99. The van der Waals surface area contributed by atoms with Crippen LogP contribution in [0.3, 0.4) is 0 Å². The van der Waals surface area contributed by atoms with E-state index in [1.54, 1.807) is 18.3 Å². The van der Waals surface area contributed by atoms with Crippen LogP contribution >= 0.6 is 11.6 Å². The van der Waals surface area contributed by atoms with E-state index in [0.29, 0.717) is 18.4 Å². The molecule has 0 saturated heterocycles. The van der Waals surface area contributed by atoms with Crippen LogP contribution in [0.1, 0.15) is 26.1 Å². The Kier molecular flexibility index (Phi) is 5.37. The van der Waals surface area contributed by atoms with Gasteiger partial charge in [0.25, 0.3) is 0 Å². The molecule has 3 nitrogen and oxygen atoms in total. The van der Waals surface area contributed by atoms with Crippen molar-refractivity contribution in [2.45, 2.75) is 26.7 Å². The molecule has 0 bridgehead atoms. The summed E-state index contributed by atoms with van der Waals surface area (Å²) in [5.74, 6) is 1.52. The number of nitrogens with zero attached hydrogens (tertiary/aromatic N) is 1. The van der Waals surface area contributed by atoms with E-state index < -0.39 is 5.82 Å². The highest BCUT2D eigenvalue weighted by atomic mass is 35.5. The Bertz CT molecular complexity index is 595. The number of hydrogen-bond acceptors (Lipinski definition) is 2. The van der Waals surface area contributed by atoms with E-state index in [1.165, 1.54) is 6.07 Å². The zero-order valence-electron chi connectivity index (χ0n) is 12.4. The van der Waals surface area contributed by atoms with E-state index >= 15 is 0 Å². The van der Waals surface area contributed by atoms with Crippen LogP contribution in [0, 0.1) is 17.7 Å². The molecule has 0 aliphatic heterocycles. The Morgan fingerprint density at radius 1 is 1.38 bits per heavy atom. The summed E-state index contributed by atoms with van der Waals surface area (Å²) in [6, 6.07) is 4.65. The van der Waals surface area contributed by atoms with E-state index in [9.17, 15) is 4.39 Å². The summed E-state index contributed by atoms with van der Waals surface area (Å²) in [7, 11) is 0. The van der Waals surface area contributed by atoms with Crippen molar-refractivity contribution in [3.8, 4) is 11.3 Å². The van der Waals surface area contributed by atoms with Gasteiger partial charge in [-0.25, -0.2) is 9.37 Å². The second-order valence-electron chi connectivity index (χ2n) is 5.81. The number of halogens is 2. The van der Waals surface area contributed by atoms with Gasteiger partial charge >= 0.3 is 0 Å². The van der Waals surface area contributed by atoms with Crippen molar-refractivity contribution in [1.29, 1.82) is 0 Å². The lowest BCUT2D eigenvalue weighted by atomic mass is 9.94. The zero-order chi connectivity index (χ0) is 15.4. The maximum atomic E-state index is 13.2. The standard InChI is InChI=1S/C16H21ClFN3/c1-10(2)5-11(8-19)6-16-20-9-15(21-16)12-3-4-14(18)13(17)7-12/h3-4,7,9-11H,5-6,8,19H2,1-2H3,(H,20,21). The molecule has 0 aliphatic rings. The minimum absolute atomic E-state index is 0.114. The molecule has 1 unspecified atom stereocenters. The Morgan fingerprint density at radius 3 is 2.76 bits per heavy atom. The van der Waals surface area contributed by atoms with Gasteiger partial charge in [-0.3, -0.25) is 0 Å². The number of benzene rings is 1. The van der Waals surface area contributed by atoms with E-state index in [0.717, 1.165) is 29.9 Å². The molecule has 1 aromatic heterocycles. The lowest BCUT2D eigenvalue weighted by molar-refractivity contribution is 0.409. The van der Waals surface area contributed by atoms with Crippen molar-refractivity contribution in [2.75, 3.05) is 6.54 Å². The van der Waals surface area contributed by atoms with Crippen LogP contribution < -0.4 is 5.73 Å². The zero-order valence-corrected chi connectivity index (χ0v) is 13.1. The average Bonchev–Trinajstić information content (AvgIpc) is 2.89. The predicted molar refractivity (Wildman–Crippen MR) is 84.7 cm³/mol. The smallest absolute Gasteiger partial charge is 0.141 e. The maximum Gasteiger partial charge on any atom is 0.141 e. The number of aromatic nitrogens is 2. The third-order valence-corrected chi connectivity index (χ3v) is 3.77. The third kappa shape index (κ3) is 4.29. The fourth-order valence-corrected chi connectivity index (χ4v) is 2.66. The molecule has 0 amide bonds. The first kappa shape index (κ1) is 16.0. The van der Waals surface area contributed by atoms with Gasteiger partial charge in [-0.15, -0.1) is 0 Å². The van der Waals surface area contributed by atoms with Crippen molar-refractivity contribution in [2.24, 2.45) is 17.6 Å². The first-order valence-electron chi connectivity index (χ1n) is 7.19. The summed E-state index contributed by atoms with van der Waals surface area (Å²) >= 11 is 5.81. The van der Waals surface area contributed by atoms with Crippen molar-refractivity contribution in [3.63, 3.8) is 0 Å². The summed E-state index contributed by atoms with van der Waals surface area (Å²) in [6.45, 7) is 5.03. The Morgan fingerprint density at radius 2 is 2.14 bits per heavy atom. The molecular weight excluding hydrogens is 289 g/mol. The van der Waals surface area contributed by atoms with Gasteiger partial charge in [0.15, 0.2) is 0 Å². The summed E-state index contributed by atoms with van der Waals surface area (Å²) in [4.78, 5) is 7.66. The number of nitrogens with one attached hydrogen (secondary N) is 1. The van der Waals surface area contributed by atoms with Crippen LogP contribution in [0.25, 0.3) is 11.3 Å². The minimum atomic E-state index is -0.416. The van der Waals surface area contributed by atoms with E-state index in [2.05, 4.69) is 23.8 Å². The van der Waals surface area contributed by atoms with Crippen LogP contribution in [0.4, 0.5) is 4.39 Å². The van der Waals surface area contributed by atoms with E-state index in [4.69, 9.17) is 17.3 Å². The number of hydrogen-bond donors (Lipinski definition) is 2. The topological polar surface area (TPSA) is 54.7 Å². The highest BCUT2D eigenvalue weighted by molar-refractivity contribution is 6.31. The largest absolute Gasteiger partial charge is 0.342 e. The number of imidazole rings is 1. The fourth-order valence-electron chi connectivity index (χ4n) is 2.48. The molecule has 2 aromatic rings. The fraction of sp³-hybridized carbons (Fsp3) is 0.438. The summed E-state index contributed by atoms with van der Waals surface area (Å²) in [6.07, 6.45) is 3.65. The molecule has 0 saturated carbocycles. The van der Waals surface area contributed by atoms with Gasteiger partial charge in [0.1, 0.15) is 11.6 Å². The second kappa shape index (κ2) is 7.05. The Balaban J connectivity index is 2.11. The second-order valence-corrected chi connectivity index (χ2v) is 6.22. The molecule has 3 N–H and O–H groups in total. The first-order valence-corrected chi connectivity index (χ1v) is 7.56. The molecule has 1 aromatic carbocycles. The Labute approximate surface area is 129 Å². The van der Waals surface area contributed by atoms with Crippen molar-refractivity contribution >= 4 is 11.6 Å². The number of H-pyrrole nitrogens is 1. The van der Waals surface area contributed by atoms with E-state index in [1.807, 2.05) is 0 Å². The predicted octanol–water partition coefficient (Wildman–Crippen LogP) is 4.03. The molecule has 5 heteroatoms. The number of nitrogens with two attached hydrogens (primary N) is 1. The maximum absolute atomic E-state index is 13.2. The van der Waals surface area contributed by atoms with Crippen molar-refractivity contribution in [1.82, 2.24) is 9.97 Å². The lowest BCUT2D eigenvalue weighted by Gasteiger charge is -2.15. The van der Waals surface area contributed by atoms with Gasteiger partial charge in [-0.1, -0.05) is 25.4 Å². The van der Waals surface area contributed by atoms with Crippen LogP contribution in [-0.2, 0) is 6.42 Å². The van der Waals surface area contributed by atoms with Crippen LogP contribution in [0.15, 0.2) is 24.4 Å². The SMILES string of the molecule is CC(C)CC(CN)Cc1ncc(-c2ccc(F)c(Cl)c2)[nH]1. The Hall–Kier alpha value is -1.39. The van der Waals surface area contributed by atoms with Gasteiger partial charge in [-0.2, -0.15) is 0 Å². The molecule has 114 valence electrons. The van der Waals surface area contributed by atoms with Gasteiger partial charge in [-0.05, 0) is 43.0 Å². The minimum Gasteiger partial charge on any atom is -0.342 e. The quantitative estimate of drug-likeness (QED) is 0.846. The van der Waals surface area contributed by atoms with Crippen molar-refractivity contribution in [3.05, 3.63) is 41.1 Å². The van der Waals surface area contributed by atoms with Gasteiger partial charge in [0.05, 0.1) is 16.9 Å². The summed E-state index contributed by atoms with van der Waals surface area (Å²) in [5.41, 5.74) is 7.49. The molecular formula is C16H21ClFN3. The molecule has 0 radical (unpaired) electrons. The average molecular weight is 310 g/mol. The normalized spacial score (nSPS) is 12.9. The third-order valence-electron chi connectivity index (χ3n) is 3.48. The van der Waals surface area contributed by atoms with E-state index in [-0.39, 0.29) is 5.02 Å². The molecule has 1 heterocycles. The molecule has 0 spiro atoms. The lowest BCUT2D eigenvalue weighted by Crippen LogP contribution is -2.19. The molecule has 1 atom stereocenters.